The molecule has 2 heterocycles. The lowest BCUT2D eigenvalue weighted by atomic mass is 10.0. The maximum Gasteiger partial charge on any atom is 0.0970 e. The predicted octanol–water partition coefficient (Wildman–Crippen LogP) is 2.79. The van der Waals surface area contributed by atoms with Crippen LogP contribution in [0.25, 0.3) is 10.9 Å². The number of fused-ring (bicyclic) bond motifs is 1. The molecule has 0 saturated heterocycles. The quantitative estimate of drug-likeness (QED) is 0.792. The monoisotopic (exact) mass is 270 g/mol. The molecule has 0 aliphatic carbocycles. The molecule has 5 heteroatoms. The summed E-state index contributed by atoms with van der Waals surface area (Å²) < 4.78 is 3.96. The number of rotatable bonds is 4. The van der Waals surface area contributed by atoms with Crippen LogP contribution in [0.2, 0.25) is 0 Å². The van der Waals surface area contributed by atoms with Gasteiger partial charge in [-0.05, 0) is 24.1 Å². The van der Waals surface area contributed by atoms with Gasteiger partial charge in [0.15, 0.2) is 0 Å². The van der Waals surface area contributed by atoms with Gasteiger partial charge in [-0.1, -0.05) is 35.7 Å². The lowest BCUT2D eigenvalue weighted by molar-refractivity contribution is 0.616. The average molecular weight is 270 g/mol. The second-order valence-corrected chi connectivity index (χ2v) is 4.85. The largest absolute Gasteiger partial charge is 0.305 e. The normalized spacial score (nSPS) is 12.7. The van der Waals surface area contributed by atoms with Crippen molar-refractivity contribution in [1.29, 1.82) is 0 Å². The Hall–Kier alpha value is -1.85. The fourth-order valence-electron chi connectivity index (χ4n) is 2.24. The average Bonchev–Trinajstić information content (AvgIpc) is 2.98. The van der Waals surface area contributed by atoms with Gasteiger partial charge in [0.2, 0.25) is 0 Å². The number of pyridine rings is 1. The van der Waals surface area contributed by atoms with Crippen molar-refractivity contribution in [3.8, 4) is 0 Å². The Balaban J connectivity index is 2.15. The highest BCUT2D eigenvalue weighted by Crippen LogP contribution is 2.26. The summed E-state index contributed by atoms with van der Waals surface area (Å²) in [5.74, 6) is 0. The van der Waals surface area contributed by atoms with Crippen LogP contribution in [0.4, 0.5) is 0 Å². The molecule has 4 nitrogen and oxygen atoms in total. The molecule has 96 valence electrons. The number of benzene rings is 1. The van der Waals surface area contributed by atoms with Gasteiger partial charge in [-0.15, -0.1) is 5.10 Å². The molecule has 1 atom stereocenters. The molecule has 3 aromatic rings. The van der Waals surface area contributed by atoms with E-state index in [1.54, 1.807) is 0 Å². The highest BCUT2D eigenvalue weighted by atomic mass is 32.1. The third-order valence-corrected chi connectivity index (χ3v) is 3.58. The van der Waals surface area contributed by atoms with Crippen molar-refractivity contribution in [3.63, 3.8) is 0 Å². The van der Waals surface area contributed by atoms with Crippen molar-refractivity contribution < 1.29 is 0 Å². The molecule has 19 heavy (non-hydrogen) atoms. The minimum absolute atomic E-state index is 0.0438. The van der Waals surface area contributed by atoms with Gasteiger partial charge in [0.25, 0.3) is 0 Å². The molecular weight excluding hydrogens is 256 g/mol. The fourth-order valence-corrected chi connectivity index (χ4v) is 2.72. The third kappa shape index (κ3) is 2.34. The SMILES string of the molecule is CCNC(c1csnn1)c1cccc2cccnc12. The van der Waals surface area contributed by atoms with Crippen LogP contribution in [0.15, 0.2) is 41.9 Å². The number of nitrogens with one attached hydrogen (secondary N) is 1. The molecule has 0 aliphatic rings. The zero-order valence-corrected chi connectivity index (χ0v) is 11.4. The smallest absolute Gasteiger partial charge is 0.0970 e. The van der Waals surface area contributed by atoms with Gasteiger partial charge in [-0.2, -0.15) is 0 Å². The second-order valence-electron chi connectivity index (χ2n) is 4.24. The molecule has 0 fully saturated rings. The molecule has 0 spiro atoms. The van der Waals surface area contributed by atoms with Gasteiger partial charge in [0.1, 0.15) is 0 Å². The Morgan fingerprint density at radius 2 is 2.16 bits per heavy atom. The van der Waals surface area contributed by atoms with E-state index < -0.39 is 0 Å². The number of nitrogens with zero attached hydrogens (tertiary/aromatic N) is 3. The minimum atomic E-state index is 0.0438. The van der Waals surface area contributed by atoms with E-state index in [2.05, 4.69) is 51.1 Å². The number of hydrogen-bond acceptors (Lipinski definition) is 5. The van der Waals surface area contributed by atoms with Crippen molar-refractivity contribution >= 4 is 22.4 Å². The number of para-hydroxylation sites is 1. The zero-order valence-electron chi connectivity index (χ0n) is 10.6. The van der Waals surface area contributed by atoms with E-state index >= 15 is 0 Å². The Morgan fingerprint density at radius 3 is 2.95 bits per heavy atom. The van der Waals surface area contributed by atoms with E-state index in [0.29, 0.717) is 0 Å². The van der Waals surface area contributed by atoms with Gasteiger partial charge < -0.3 is 5.32 Å². The molecule has 0 amide bonds. The van der Waals surface area contributed by atoms with Crippen LogP contribution >= 0.6 is 11.5 Å². The third-order valence-electron chi connectivity index (χ3n) is 3.06. The molecular formula is C14H14N4S. The predicted molar refractivity (Wildman–Crippen MR) is 77.2 cm³/mol. The van der Waals surface area contributed by atoms with Gasteiger partial charge >= 0.3 is 0 Å². The van der Waals surface area contributed by atoms with Crippen molar-refractivity contribution in [3.05, 3.63) is 53.2 Å². The molecule has 0 aliphatic heterocycles. The van der Waals surface area contributed by atoms with Crippen LogP contribution in [-0.4, -0.2) is 21.1 Å². The van der Waals surface area contributed by atoms with E-state index in [1.165, 1.54) is 11.5 Å². The molecule has 3 rings (SSSR count). The zero-order chi connectivity index (χ0) is 13.1. The molecule has 0 bridgehead atoms. The standard InChI is InChI=1S/C14H14N4S/c1-2-15-14(12-9-19-18-17-12)11-7-3-5-10-6-4-8-16-13(10)11/h3-9,14-15H,2H2,1H3. The molecule has 0 radical (unpaired) electrons. The van der Waals surface area contributed by atoms with Crippen molar-refractivity contribution in [2.75, 3.05) is 6.54 Å². The van der Waals surface area contributed by atoms with E-state index in [-0.39, 0.29) is 6.04 Å². The Morgan fingerprint density at radius 1 is 1.26 bits per heavy atom. The van der Waals surface area contributed by atoms with Crippen LogP contribution in [0, 0.1) is 0 Å². The Bertz CT molecular complexity index is 661. The lowest BCUT2D eigenvalue weighted by Gasteiger charge is -2.17. The summed E-state index contributed by atoms with van der Waals surface area (Å²) >= 11 is 1.37. The molecule has 1 aromatic carbocycles. The number of aromatic nitrogens is 3. The summed E-state index contributed by atoms with van der Waals surface area (Å²) in [6.45, 7) is 2.96. The summed E-state index contributed by atoms with van der Waals surface area (Å²) in [5.41, 5.74) is 3.11. The highest BCUT2D eigenvalue weighted by molar-refractivity contribution is 7.03. The Kier molecular flexibility index (Phi) is 3.48. The summed E-state index contributed by atoms with van der Waals surface area (Å²) in [4.78, 5) is 4.51. The van der Waals surface area contributed by atoms with Crippen molar-refractivity contribution in [2.45, 2.75) is 13.0 Å². The first kappa shape index (κ1) is 12.2. The minimum Gasteiger partial charge on any atom is -0.305 e. The summed E-state index contributed by atoms with van der Waals surface area (Å²) in [5, 5.41) is 10.8. The molecule has 1 N–H and O–H groups in total. The van der Waals surface area contributed by atoms with E-state index in [1.807, 2.05) is 17.6 Å². The van der Waals surface area contributed by atoms with E-state index in [0.717, 1.165) is 28.7 Å². The summed E-state index contributed by atoms with van der Waals surface area (Å²) in [6.07, 6.45) is 1.83. The van der Waals surface area contributed by atoms with E-state index in [9.17, 15) is 0 Å². The van der Waals surface area contributed by atoms with Gasteiger partial charge in [-0.25, -0.2) is 0 Å². The van der Waals surface area contributed by atoms with Crippen molar-refractivity contribution in [1.82, 2.24) is 19.9 Å². The molecule has 0 saturated carbocycles. The summed E-state index contributed by atoms with van der Waals surface area (Å²) in [7, 11) is 0. The second kappa shape index (κ2) is 5.42. The first-order valence-corrected chi connectivity index (χ1v) is 7.07. The van der Waals surface area contributed by atoms with Gasteiger partial charge in [0, 0.05) is 22.5 Å². The highest BCUT2D eigenvalue weighted by Gasteiger charge is 2.18. The fraction of sp³-hybridized carbons (Fsp3) is 0.214. The first-order valence-electron chi connectivity index (χ1n) is 6.24. The number of hydrogen-bond donors (Lipinski definition) is 1. The Labute approximate surface area is 115 Å². The van der Waals surface area contributed by atoms with Crippen LogP contribution < -0.4 is 5.32 Å². The first-order chi connectivity index (χ1) is 9.40. The van der Waals surface area contributed by atoms with Gasteiger partial charge in [0.05, 0.1) is 17.3 Å². The van der Waals surface area contributed by atoms with Crippen LogP contribution in [0.5, 0.6) is 0 Å². The summed E-state index contributed by atoms with van der Waals surface area (Å²) in [6, 6.07) is 10.3. The van der Waals surface area contributed by atoms with Crippen LogP contribution in [-0.2, 0) is 0 Å². The van der Waals surface area contributed by atoms with Crippen molar-refractivity contribution in [2.24, 2.45) is 0 Å². The maximum absolute atomic E-state index is 4.51. The van der Waals surface area contributed by atoms with Gasteiger partial charge in [-0.3, -0.25) is 4.98 Å². The van der Waals surface area contributed by atoms with Crippen LogP contribution in [0.3, 0.4) is 0 Å². The van der Waals surface area contributed by atoms with E-state index in [4.69, 9.17) is 0 Å². The maximum atomic E-state index is 4.51. The lowest BCUT2D eigenvalue weighted by Crippen LogP contribution is -2.22. The van der Waals surface area contributed by atoms with Crippen LogP contribution in [0.1, 0.15) is 24.2 Å². The topological polar surface area (TPSA) is 50.7 Å². The molecule has 1 unspecified atom stereocenters. The molecule has 2 aromatic heterocycles.